The highest BCUT2D eigenvalue weighted by molar-refractivity contribution is 9.10. The number of hydrogen-bond acceptors (Lipinski definition) is 7. The zero-order chi connectivity index (χ0) is 18.5. The number of hydrazone groups is 1. The molecule has 0 unspecified atom stereocenters. The quantitative estimate of drug-likeness (QED) is 0.349. The van der Waals surface area contributed by atoms with E-state index in [2.05, 4.69) is 31.4 Å². The fraction of sp³-hybridized carbons (Fsp3) is 0.118. The molecule has 0 saturated carbocycles. The van der Waals surface area contributed by atoms with Gasteiger partial charge in [0.1, 0.15) is 5.52 Å². The summed E-state index contributed by atoms with van der Waals surface area (Å²) >= 11 is 4.41. The molecule has 0 aliphatic rings. The van der Waals surface area contributed by atoms with Crippen LogP contribution in [0, 0.1) is 0 Å². The van der Waals surface area contributed by atoms with Gasteiger partial charge in [-0.1, -0.05) is 23.9 Å². The van der Waals surface area contributed by atoms with E-state index in [1.807, 2.05) is 24.3 Å². The van der Waals surface area contributed by atoms with E-state index in [9.17, 15) is 9.90 Å². The molecule has 9 heteroatoms. The molecule has 1 aromatic heterocycles. The minimum absolute atomic E-state index is 0.00317. The fourth-order valence-corrected chi connectivity index (χ4v) is 3.17. The summed E-state index contributed by atoms with van der Waals surface area (Å²) < 4.78 is 11.1. The number of carbonyl (C=O) groups excluding carboxylic acids is 1. The van der Waals surface area contributed by atoms with E-state index >= 15 is 0 Å². The molecule has 0 fully saturated rings. The van der Waals surface area contributed by atoms with E-state index in [4.69, 9.17) is 9.15 Å². The molecule has 26 heavy (non-hydrogen) atoms. The lowest BCUT2D eigenvalue weighted by Crippen LogP contribution is -2.19. The van der Waals surface area contributed by atoms with Crippen molar-refractivity contribution >= 4 is 50.9 Å². The van der Waals surface area contributed by atoms with Crippen molar-refractivity contribution in [1.29, 1.82) is 0 Å². The van der Waals surface area contributed by atoms with Crippen molar-refractivity contribution in [2.45, 2.75) is 5.22 Å². The zero-order valence-electron chi connectivity index (χ0n) is 13.6. The molecule has 1 amide bonds. The maximum atomic E-state index is 11.9. The Balaban J connectivity index is 1.55. The van der Waals surface area contributed by atoms with Crippen LogP contribution in [0.5, 0.6) is 11.5 Å². The molecule has 0 spiro atoms. The first-order chi connectivity index (χ1) is 12.6. The Kier molecular flexibility index (Phi) is 5.79. The molecule has 0 saturated heterocycles. The molecule has 134 valence electrons. The normalized spacial score (nSPS) is 11.2. The predicted molar refractivity (Wildman–Crippen MR) is 103 cm³/mol. The summed E-state index contributed by atoms with van der Waals surface area (Å²) in [6.07, 6.45) is 1.45. The summed E-state index contributed by atoms with van der Waals surface area (Å²) in [5, 5.41) is 14.1. The average molecular weight is 436 g/mol. The number of nitrogens with one attached hydrogen (secondary N) is 1. The maximum absolute atomic E-state index is 11.9. The third kappa shape index (κ3) is 4.36. The molecule has 0 aliphatic carbocycles. The summed E-state index contributed by atoms with van der Waals surface area (Å²) in [5.41, 5.74) is 4.51. The van der Waals surface area contributed by atoms with Crippen LogP contribution in [0.2, 0.25) is 0 Å². The third-order valence-electron chi connectivity index (χ3n) is 3.27. The number of ether oxygens (including phenoxy) is 1. The second-order valence-corrected chi connectivity index (χ2v) is 6.86. The second-order valence-electron chi connectivity index (χ2n) is 5.08. The van der Waals surface area contributed by atoms with Crippen molar-refractivity contribution in [2.75, 3.05) is 12.9 Å². The van der Waals surface area contributed by atoms with Gasteiger partial charge < -0.3 is 14.3 Å². The summed E-state index contributed by atoms with van der Waals surface area (Å²) in [6.45, 7) is 0. The van der Waals surface area contributed by atoms with Crippen LogP contribution in [-0.2, 0) is 4.79 Å². The molecule has 0 atom stereocenters. The number of rotatable bonds is 6. The number of phenols is 1. The van der Waals surface area contributed by atoms with Gasteiger partial charge in [0.15, 0.2) is 17.1 Å². The molecule has 1 heterocycles. The highest BCUT2D eigenvalue weighted by Gasteiger charge is 2.09. The number of aromatic nitrogens is 1. The number of aromatic hydroxyl groups is 1. The van der Waals surface area contributed by atoms with Crippen molar-refractivity contribution < 1.29 is 19.1 Å². The first kappa shape index (κ1) is 18.3. The highest BCUT2D eigenvalue weighted by atomic mass is 79.9. The number of phenolic OH excluding ortho intramolecular Hbond substituents is 1. The van der Waals surface area contributed by atoms with Gasteiger partial charge in [0.25, 0.3) is 11.1 Å². The Bertz CT molecular complexity index is 941. The lowest BCUT2D eigenvalue weighted by molar-refractivity contribution is -0.118. The Labute approximate surface area is 161 Å². The van der Waals surface area contributed by atoms with Crippen LogP contribution in [0.4, 0.5) is 0 Å². The van der Waals surface area contributed by atoms with E-state index < -0.39 is 0 Å². The Morgan fingerprint density at radius 3 is 3.04 bits per heavy atom. The monoisotopic (exact) mass is 435 g/mol. The highest BCUT2D eigenvalue weighted by Crippen LogP contribution is 2.34. The number of fused-ring (bicyclic) bond motifs is 1. The Morgan fingerprint density at radius 2 is 2.27 bits per heavy atom. The Hall–Kier alpha value is -2.52. The molecule has 0 aliphatic heterocycles. The number of hydrogen-bond donors (Lipinski definition) is 2. The van der Waals surface area contributed by atoms with Gasteiger partial charge >= 0.3 is 0 Å². The van der Waals surface area contributed by atoms with Gasteiger partial charge in [0.05, 0.1) is 23.5 Å². The van der Waals surface area contributed by atoms with Gasteiger partial charge in [-0.2, -0.15) is 5.10 Å². The lowest BCUT2D eigenvalue weighted by atomic mass is 10.2. The second kappa shape index (κ2) is 8.24. The number of halogens is 1. The standard InChI is InChI=1S/C17H14BrN3O4S/c1-24-14-7-10(6-11(18)16(14)23)8-19-21-15(22)9-26-17-20-12-4-2-3-5-13(12)25-17/h2-8,23H,9H2,1H3,(H,21,22)/b19-8+. The van der Waals surface area contributed by atoms with Crippen LogP contribution >= 0.6 is 27.7 Å². The van der Waals surface area contributed by atoms with Crippen molar-refractivity contribution in [1.82, 2.24) is 10.4 Å². The minimum atomic E-state index is -0.293. The molecule has 3 rings (SSSR count). The van der Waals surface area contributed by atoms with Gasteiger partial charge in [0.2, 0.25) is 0 Å². The molecule has 0 radical (unpaired) electrons. The number of carbonyl (C=O) groups is 1. The van der Waals surface area contributed by atoms with Gasteiger partial charge in [0, 0.05) is 0 Å². The van der Waals surface area contributed by atoms with Crippen LogP contribution < -0.4 is 10.2 Å². The molecular formula is C17H14BrN3O4S. The van der Waals surface area contributed by atoms with Crippen molar-refractivity contribution in [3.05, 3.63) is 46.4 Å². The molecule has 2 aromatic carbocycles. The molecule has 3 aromatic rings. The van der Waals surface area contributed by atoms with E-state index in [0.29, 0.717) is 26.6 Å². The first-order valence-corrected chi connectivity index (χ1v) is 9.21. The van der Waals surface area contributed by atoms with Crippen LogP contribution in [0.15, 0.2) is 55.6 Å². The van der Waals surface area contributed by atoms with Crippen LogP contribution in [-0.4, -0.2) is 35.1 Å². The van der Waals surface area contributed by atoms with Gasteiger partial charge in [-0.3, -0.25) is 4.79 Å². The van der Waals surface area contributed by atoms with Crippen molar-refractivity contribution in [3.63, 3.8) is 0 Å². The molecule has 0 bridgehead atoms. The van der Waals surface area contributed by atoms with Crippen LogP contribution in [0.25, 0.3) is 11.1 Å². The van der Waals surface area contributed by atoms with Crippen LogP contribution in [0.3, 0.4) is 0 Å². The zero-order valence-corrected chi connectivity index (χ0v) is 16.0. The van der Waals surface area contributed by atoms with Crippen molar-refractivity contribution in [2.24, 2.45) is 5.10 Å². The van der Waals surface area contributed by atoms with Gasteiger partial charge in [-0.15, -0.1) is 0 Å². The van der Waals surface area contributed by atoms with E-state index in [1.54, 1.807) is 12.1 Å². The number of nitrogens with zero attached hydrogens (tertiary/aromatic N) is 2. The summed E-state index contributed by atoms with van der Waals surface area (Å²) in [5.74, 6) is 0.132. The SMILES string of the molecule is COc1cc(/C=N/NC(=O)CSc2nc3ccccc3o2)cc(Br)c1O. The third-order valence-corrected chi connectivity index (χ3v) is 4.71. The summed E-state index contributed by atoms with van der Waals surface area (Å²) in [6, 6.07) is 10.7. The largest absolute Gasteiger partial charge is 0.503 e. The number of para-hydroxylation sites is 2. The number of thioether (sulfide) groups is 1. The molecular weight excluding hydrogens is 422 g/mol. The number of benzene rings is 2. The first-order valence-electron chi connectivity index (χ1n) is 7.43. The number of amides is 1. The van der Waals surface area contributed by atoms with E-state index in [0.717, 1.165) is 5.52 Å². The predicted octanol–water partition coefficient (Wildman–Crippen LogP) is 3.55. The van der Waals surface area contributed by atoms with Crippen LogP contribution in [0.1, 0.15) is 5.56 Å². The van der Waals surface area contributed by atoms with Gasteiger partial charge in [-0.25, -0.2) is 10.4 Å². The van der Waals surface area contributed by atoms with E-state index in [1.165, 1.54) is 25.1 Å². The summed E-state index contributed by atoms with van der Waals surface area (Å²) in [7, 11) is 1.45. The van der Waals surface area contributed by atoms with Crippen molar-refractivity contribution in [3.8, 4) is 11.5 Å². The molecule has 7 nitrogen and oxygen atoms in total. The topological polar surface area (TPSA) is 97.0 Å². The number of oxazole rings is 1. The lowest BCUT2D eigenvalue weighted by Gasteiger charge is -2.06. The Morgan fingerprint density at radius 1 is 1.46 bits per heavy atom. The smallest absolute Gasteiger partial charge is 0.257 e. The maximum Gasteiger partial charge on any atom is 0.257 e. The number of methoxy groups -OCH3 is 1. The van der Waals surface area contributed by atoms with E-state index in [-0.39, 0.29) is 17.4 Å². The molecule has 2 N–H and O–H groups in total. The minimum Gasteiger partial charge on any atom is -0.503 e. The summed E-state index contributed by atoms with van der Waals surface area (Å²) in [4.78, 5) is 16.2. The average Bonchev–Trinajstić information content (AvgIpc) is 3.05. The van der Waals surface area contributed by atoms with Gasteiger partial charge in [-0.05, 0) is 45.8 Å². The fourth-order valence-electron chi connectivity index (χ4n) is 2.08.